The number of nitrogens with zero attached hydrogens (tertiary/aromatic N) is 3. The lowest BCUT2D eigenvalue weighted by atomic mass is 10.2. The van der Waals surface area contributed by atoms with Crippen LogP contribution >= 0.6 is 22.9 Å². The summed E-state index contributed by atoms with van der Waals surface area (Å²) in [7, 11) is 0. The quantitative estimate of drug-likeness (QED) is 0.853. The monoisotopic (exact) mass is 241 g/mol. The fourth-order valence-electron chi connectivity index (χ4n) is 1.11. The molecular weight excluding hydrogens is 230 g/mol. The van der Waals surface area contributed by atoms with Crippen LogP contribution in [0.4, 0.5) is 11.1 Å². The van der Waals surface area contributed by atoms with Gasteiger partial charge >= 0.3 is 0 Å². The first-order valence-corrected chi connectivity index (χ1v) is 6.13. The molecule has 2 rings (SSSR count). The topological polar surface area (TPSA) is 76.7 Å². The van der Waals surface area contributed by atoms with Crippen molar-refractivity contribution in [2.75, 3.05) is 17.6 Å². The van der Waals surface area contributed by atoms with Crippen LogP contribution in [0.2, 0.25) is 0 Å². The van der Waals surface area contributed by atoms with Gasteiger partial charge in [0.25, 0.3) is 0 Å². The number of nitrogens with one attached hydrogen (secondary N) is 1. The van der Waals surface area contributed by atoms with Crippen molar-refractivity contribution in [2.24, 2.45) is 0 Å². The standard InChI is InChI=1S/C8H11N5S2/c1-5(6-10-2-3-14-6)4-11-8-12-7(9)13-15-8/h2-3,5H,4H2,1H3,(H3,9,11,12,13). The van der Waals surface area contributed by atoms with Crippen LogP contribution in [0.1, 0.15) is 17.8 Å². The van der Waals surface area contributed by atoms with Crippen LogP contribution in [-0.2, 0) is 0 Å². The van der Waals surface area contributed by atoms with E-state index in [-0.39, 0.29) is 0 Å². The van der Waals surface area contributed by atoms with Crippen molar-refractivity contribution in [3.8, 4) is 0 Å². The van der Waals surface area contributed by atoms with Gasteiger partial charge < -0.3 is 11.1 Å². The molecule has 2 aromatic heterocycles. The second-order valence-corrected chi connectivity index (χ2v) is 4.79. The number of nitrogens with two attached hydrogens (primary N) is 1. The predicted octanol–water partition coefficient (Wildman–Crippen LogP) is 1.79. The van der Waals surface area contributed by atoms with E-state index in [4.69, 9.17) is 5.73 Å². The van der Waals surface area contributed by atoms with Crippen molar-refractivity contribution in [1.29, 1.82) is 0 Å². The third kappa shape index (κ3) is 2.63. The highest BCUT2D eigenvalue weighted by Gasteiger charge is 2.08. The number of rotatable bonds is 4. The van der Waals surface area contributed by atoms with Gasteiger partial charge in [-0.1, -0.05) is 6.92 Å². The molecule has 0 aromatic carbocycles. The van der Waals surface area contributed by atoms with Crippen LogP contribution in [0.3, 0.4) is 0 Å². The van der Waals surface area contributed by atoms with Crippen molar-refractivity contribution in [3.63, 3.8) is 0 Å². The summed E-state index contributed by atoms with van der Waals surface area (Å²) in [6.07, 6.45) is 1.82. The largest absolute Gasteiger partial charge is 0.367 e. The van der Waals surface area contributed by atoms with Crippen LogP contribution in [0.15, 0.2) is 11.6 Å². The van der Waals surface area contributed by atoms with E-state index >= 15 is 0 Å². The van der Waals surface area contributed by atoms with Crippen molar-refractivity contribution in [3.05, 3.63) is 16.6 Å². The normalized spacial score (nSPS) is 12.6. The highest BCUT2D eigenvalue weighted by Crippen LogP contribution is 2.19. The molecule has 0 aliphatic heterocycles. The first-order chi connectivity index (χ1) is 7.25. The SMILES string of the molecule is CC(CNc1nc(N)ns1)c1nccs1. The Labute approximate surface area is 95.6 Å². The molecule has 2 heterocycles. The molecule has 0 saturated heterocycles. The van der Waals surface area contributed by atoms with Gasteiger partial charge in [-0.2, -0.15) is 9.36 Å². The van der Waals surface area contributed by atoms with E-state index in [2.05, 4.69) is 26.6 Å². The Hall–Kier alpha value is -1.21. The Morgan fingerprint density at radius 1 is 1.60 bits per heavy atom. The van der Waals surface area contributed by atoms with E-state index in [0.717, 1.165) is 16.7 Å². The van der Waals surface area contributed by atoms with Crippen LogP contribution in [0.25, 0.3) is 0 Å². The minimum absolute atomic E-state index is 0.324. The molecule has 0 saturated carbocycles. The van der Waals surface area contributed by atoms with Gasteiger partial charge in [-0.25, -0.2) is 4.98 Å². The Bertz CT molecular complexity index is 410. The highest BCUT2D eigenvalue weighted by atomic mass is 32.1. The molecule has 2 aromatic rings. The number of nitrogen functional groups attached to an aromatic ring is 1. The Balaban J connectivity index is 1.88. The van der Waals surface area contributed by atoms with Crippen LogP contribution in [0, 0.1) is 0 Å². The molecule has 15 heavy (non-hydrogen) atoms. The average Bonchev–Trinajstić information content (AvgIpc) is 2.84. The zero-order valence-electron chi connectivity index (χ0n) is 8.17. The first-order valence-electron chi connectivity index (χ1n) is 4.48. The predicted molar refractivity (Wildman–Crippen MR) is 63.3 cm³/mol. The van der Waals surface area contributed by atoms with E-state index in [0.29, 0.717) is 11.9 Å². The lowest BCUT2D eigenvalue weighted by Crippen LogP contribution is -2.09. The van der Waals surface area contributed by atoms with Gasteiger partial charge in [-0.15, -0.1) is 11.3 Å². The molecule has 0 aliphatic rings. The Morgan fingerprint density at radius 3 is 3.07 bits per heavy atom. The van der Waals surface area contributed by atoms with Crippen molar-refractivity contribution < 1.29 is 0 Å². The molecule has 80 valence electrons. The van der Waals surface area contributed by atoms with Gasteiger partial charge in [0.05, 0.1) is 5.01 Å². The van der Waals surface area contributed by atoms with Crippen LogP contribution < -0.4 is 11.1 Å². The Kier molecular flexibility index (Phi) is 3.12. The van der Waals surface area contributed by atoms with Crippen LogP contribution in [0.5, 0.6) is 0 Å². The summed E-state index contributed by atoms with van der Waals surface area (Å²) < 4.78 is 3.89. The number of thiazole rings is 1. The maximum absolute atomic E-state index is 5.42. The second-order valence-electron chi connectivity index (χ2n) is 3.11. The molecule has 0 bridgehead atoms. The van der Waals surface area contributed by atoms with E-state index in [1.54, 1.807) is 11.3 Å². The molecule has 0 amide bonds. The van der Waals surface area contributed by atoms with Crippen molar-refractivity contribution in [1.82, 2.24) is 14.3 Å². The van der Waals surface area contributed by atoms with Crippen molar-refractivity contribution >= 4 is 33.9 Å². The fraction of sp³-hybridized carbons (Fsp3) is 0.375. The minimum atomic E-state index is 0.324. The summed E-state index contributed by atoms with van der Waals surface area (Å²) in [4.78, 5) is 8.28. The first kappa shape index (κ1) is 10.3. The molecule has 5 nitrogen and oxygen atoms in total. The summed E-state index contributed by atoms with van der Waals surface area (Å²) in [6, 6.07) is 0. The molecule has 0 radical (unpaired) electrons. The van der Waals surface area contributed by atoms with Gasteiger partial charge in [0.2, 0.25) is 11.1 Å². The van der Waals surface area contributed by atoms with Gasteiger partial charge in [0, 0.05) is 35.6 Å². The number of hydrogen-bond acceptors (Lipinski definition) is 7. The lowest BCUT2D eigenvalue weighted by molar-refractivity contribution is 0.794. The van der Waals surface area contributed by atoms with E-state index < -0.39 is 0 Å². The number of aromatic nitrogens is 3. The Morgan fingerprint density at radius 2 is 2.47 bits per heavy atom. The summed E-state index contributed by atoms with van der Waals surface area (Å²) in [5, 5.41) is 7.05. The highest BCUT2D eigenvalue weighted by molar-refractivity contribution is 7.10. The third-order valence-corrected chi connectivity index (χ3v) is 3.57. The van der Waals surface area contributed by atoms with Gasteiger partial charge in [-0.3, -0.25) is 0 Å². The zero-order chi connectivity index (χ0) is 10.7. The van der Waals surface area contributed by atoms with Gasteiger partial charge in [0.15, 0.2) is 0 Å². The average molecular weight is 241 g/mol. The smallest absolute Gasteiger partial charge is 0.233 e. The molecule has 1 atom stereocenters. The maximum atomic E-state index is 5.42. The molecule has 0 spiro atoms. The third-order valence-electron chi connectivity index (χ3n) is 1.87. The van der Waals surface area contributed by atoms with Gasteiger partial charge in [0.1, 0.15) is 0 Å². The van der Waals surface area contributed by atoms with E-state index in [9.17, 15) is 0 Å². The molecule has 0 fully saturated rings. The van der Waals surface area contributed by atoms with Gasteiger partial charge in [-0.05, 0) is 0 Å². The zero-order valence-corrected chi connectivity index (χ0v) is 9.81. The van der Waals surface area contributed by atoms with Crippen LogP contribution in [-0.4, -0.2) is 20.9 Å². The maximum Gasteiger partial charge on any atom is 0.233 e. The lowest BCUT2D eigenvalue weighted by Gasteiger charge is -2.07. The summed E-state index contributed by atoms with van der Waals surface area (Å²) in [6.45, 7) is 2.92. The number of anilines is 2. The molecule has 1 unspecified atom stereocenters. The fourth-order valence-corrected chi connectivity index (χ4v) is 2.31. The van der Waals surface area contributed by atoms with E-state index in [1.165, 1.54) is 11.5 Å². The minimum Gasteiger partial charge on any atom is -0.367 e. The summed E-state index contributed by atoms with van der Waals surface area (Å²) in [5.74, 6) is 0.694. The molecule has 3 N–H and O–H groups in total. The molecule has 0 aliphatic carbocycles. The molecule has 7 heteroatoms. The summed E-state index contributed by atoms with van der Waals surface area (Å²) in [5.41, 5.74) is 5.42. The molecular formula is C8H11N5S2. The number of hydrogen-bond donors (Lipinski definition) is 2. The second kappa shape index (κ2) is 4.54. The van der Waals surface area contributed by atoms with Crippen molar-refractivity contribution in [2.45, 2.75) is 12.8 Å². The summed E-state index contributed by atoms with van der Waals surface area (Å²) >= 11 is 2.94. The van der Waals surface area contributed by atoms with E-state index in [1.807, 2.05) is 11.6 Å².